The number of rotatable bonds is 4. The van der Waals surface area contributed by atoms with Crippen LogP contribution < -0.4 is 15.8 Å². The average molecular weight is 248 g/mol. The topological polar surface area (TPSA) is 61.0 Å². The first-order valence-electron chi connectivity index (χ1n) is 6.86. The number of H-pyrrole nitrogens is 1. The number of nitrogens with zero attached hydrogens (tertiary/aromatic N) is 2. The molecular formula is C13H20N4O. The van der Waals surface area contributed by atoms with Crippen LogP contribution in [0.5, 0.6) is 0 Å². The van der Waals surface area contributed by atoms with E-state index in [0.29, 0.717) is 12.0 Å². The molecule has 98 valence electrons. The van der Waals surface area contributed by atoms with Gasteiger partial charge in [0.05, 0.1) is 0 Å². The molecule has 0 bridgehead atoms. The number of anilines is 1. The van der Waals surface area contributed by atoms with Gasteiger partial charge in [-0.25, -0.2) is 4.98 Å². The molecule has 1 saturated heterocycles. The number of nitrogens with one attached hydrogen (secondary N) is 2. The normalized spacial score (nSPS) is 23.3. The van der Waals surface area contributed by atoms with Gasteiger partial charge in [-0.15, -0.1) is 0 Å². The van der Waals surface area contributed by atoms with E-state index in [-0.39, 0.29) is 5.56 Å². The number of likely N-dealkylation sites (N-methyl/N-ethyl adjacent to an activating group) is 1. The lowest BCUT2D eigenvalue weighted by molar-refractivity contribution is 0.636. The fraction of sp³-hybridized carbons (Fsp3) is 0.692. The largest absolute Gasteiger partial charge is 0.352 e. The van der Waals surface area contributed by atoms with Crippen molar-refractivity contribution in [3.05, 3.63) is 22.2 Å². The van der Waals surface area contributed by atoms with E-state index in [2.05, 4.69) is 27.1 Å². The van der Waals surface area contributed by atoms with Gasteiger partial charge in [0.1, 0.15) is 11.6 Å². The van der Waals surface area contributed by atoms with Crippen LogP contribution in [0.1, 0.15) is 37.9 Å². The van der Waals surface area contributed by atoms with Crippen molar-refractivity contribution in [2.24, 2.45) is 0 Å². The van der Waals surface area contributed by atoms with Crippen molar-refractivity contribution in [3.8, 4) is 0 Å². The van der Waals surface area contributed by atoms with Gasteiger partial charge in [-0.3, -0.25) is 4.79 Å². The second-order valence-corrected chi connectivity index (χ2v) is 5.20. The maximum absolute atomic E-state index is 11.7. The maximum atomic E-state index is 11.7. The van der Waals surface area contributed by atoms with Crippen LogP contribution in [0.3, 0.4) is 0 Å². The lowest BCUT2D eigenvalue weighted by Gasteiger charge is -2.28. The molecule has 5 nitrogen and oxygen atoms in total. The van der Waals surface area contributed by atoms with Crippen molar-refractivity contribution in [1.29, 1.82) is 0 Å². The van der Waals surface area contributed by atoms with Gasteiger partial charge >= 0.3 is 0 Å². The van der Waals surface area contributed by atoms with Crippen LogP contribution in [0.15, 0.2) is 10.9 Å². The highest BCUT2D eigenvalue weighted by Gasteiger charge is 2.28. The van der Waals surface area contributed by atoms with E-state index >= 15 is 0 Å². The Morgan fingerprint density at radius 1 is 1.44 bits per heavy atom. The molecule has 0 radical (unpaired) electrons. The van der Waals surface area contributed by atoms with Crippen LogP contribution in [-0.2, 0) is 0 Å². The Kier molecular flexibility index (Phi) is 3.07. The number of aromatic amines is 1. The SMILES string of the molecule is CCN(c1cc(=O)[nH]c(C2CC2)n1)C1CCNC1. The standard InChI is InChI=1S/C13H20N4O/c1-2-17(10-5-6-14-8-10)11-7-12(18)16-13(15-11)9-3-4-9/h7,9-10,14H,2-6,8H2,1H3,(H,15,16,18). The van der Waals surface area contributed by atoms with E-state index < -0.39 is 0 Å². The molecule has 18 heavy (non-hydrogen) atoms. The predicted molar refractivity (Wildman–Crippen MR) is 71.1 cm³/mol. The van der Waals surface area contributed by atoms with Gasteiger partial charge in [0, 0.05) is 31.1 Å². The Morgan fingerprint density at radius 3 is 2.89 bits per heavy atom. The first kappa shape index (κ1) is 11.7. The highest BCUT2D eigenvalue weighted by Crippen LogP contribution is 2.38. The molecule has 5 heteroatoms. The van der Waals surface area contributed by atoms with Crippen molar-refractivity contribution >= 4 is 5.82 Å². The lowest BCUT2D eigenvalue weighted by atomic mass is 10.2. The summed E-state index contributed by atoms with van der Waals surface area (Å²) in [5, 5.41) is 3.37. The minimum Gasteiger partial charge on any atom is -0.352 e. The molecular weight excluding hydrogens is 228 g/mol. The third-order valence-electron chi connectivity index (χ3n) is 3.82. The molecule has 1 aromatic rings. The minimum atomic E-state index is -0.0219. The molecule has 1 unspecified atom stereocenters. The van der Waals surface area contributed by atoms with Gasteiger partial charge in [0.15, 0.2) is 0 Å². The average Bonchev–Trinajstić information content (AvgIpc) is 3.08. The van der Waals surface area contributed by atoms with Crippen molar-refractivity contribution in [3.63, 3.8) is 0 Å². The second kappa shape index (κ2) is 4.72. The van der Waals surface area contributed by atoms with Crippen LogP contribution >= 0.6 is 0 Å². The maximum Gasteiger partial charge on any atom is 0.252 e. The molecule has 2 N–H and O–H groups in total. The summed E-state index contributed by atoms with van der Waals surface area (Å²) in [4.78, 5) is 21.5. The number of aromatic nitrogens is 2. The van der Waals surface area contributed by atoms with E-state index in [0.717, 1.165) is 50.5 Å². The van der Waals surface area contributed by atoms with Crippen molar-refractivity contribution in [2.75, 3.05) is 24.5 Å². The third kappa shape index (κ3) is 2.27. The lowest BCUT2D eigenvalue weighted by Crippen LogP contribution is -2.38. The van der Waals surface area contributed by atoms with Gasteiger partial charge in [-0.1, -0.05) is 0 Å². The van der Waals surface area contributed by atoms with Crippen molar-refractivity contribution in [1.82, 2.24) is 15.3 Å². The molecule has 0 aromatic carbocycles. The van der Waals surface area contributed by atoms with Gasteiger partial charge in [0.25, 0.3) is 5.56 Å². The Balaban J connectivity index is 1.90. The molecule has 0 spiro atoms. The van der Waals surface area contributed by atoms with E-state index in [1.807, 2.05) is 0 Å². The number of hydrogen-bond acceptors (Lipinski definition) is 4. The Labute approximate surface area is 107 Å². The van der Waals surface area contributed by atoms with Gasteiger partial charge in [-0.05, 0) is 32.7 Å². The predicted octanol–water partition coefficient (Wildman–Crippen LogP) is 0.835. The molecule has 0 amide bonds. The summed E-state index contributed by atoms with van der Waals surface area (Å²) in [5.41, 5.74) is -0.0219. The fourth-order valence-electron chi connectivity index (χ4n) is 2.67. The second-order valence-electron chi connectivity index (χ2n) is 5.20. The van der Waals surface area contributed by atoms with Crippen LogP contribution in [0.2, 0.25) is 0 Å². The van der Waals surface area contributed by atoms with Gasteiger partial charge in [0.2, 0.25) is 0 Å². The summed E-state index contributed by atoms with van der Waals surface area (Å²) >= 11 is 0. The summed E-state index contributed by atoms with van der Waals surface area (Å²) in [6.45, 7) is 5.06. The van der Waals surface area contributed by atoms with Crippen molar-refractivity contribution < 1.29 is 0 Å². The summed E-state index contributed by atoms with van der Waals surface area (Å²) < 4.78 is 0. The molecule has 1 saturated carbocycles. The van der Waals surface area contributed by atoms with Crippen LogP contribution in [-0.4, -0.2) is 35.6 Å². The fourth-order valence-corrected chi connectivity index (χ4v) is 2.67. The molecule has 1 aromatic heterocycles. The zero-order valence-corrected chi connectivity index (χ0v) is 10.8. The highest BCUT2D eigenvalue weighted by molar-refractivity contribution is 5.40. The van der Waals surface area contributed by atoms with E-state index in [1.165, 1.54) is 0 Å². The Bertz CT molecular complexity index is 474. The van der Waals surface area contributed by atoms with E-state index in [4.69, 9.17) is 0 Å². The highest BCUT2D eigenvalue weighted by atomic mass is 16.1. The smallest absolute Gasteiger partial charge is 0.252 e. The molecule has 3 rings (SSSR count). The van der Waals surface area contributed by atoms with Crippen molar-refractivity contribution in [2.45, 2.75) is 38.1 Å². The van der Waals surface area contributed by atoms with E-state index in [1.54, 1.807) is 6.07 Å². The van der Waals surface area contributed by atoms with Gasteiger partial charge < -0.3 is 15.2 Å². The zero-order valence-electron chi connectivity index (χ0n) is 10.8. The molecule has 1 atom stereocenters. The Morgan fingerprint density at radius 2 is 2.28 bits per heavy atom. The monoisotopic (exact) mass is 248 g/mol. The minimum absolute atomic E-state index is 0.0219. The zero-order chi connectivity index (χ0) is 12.5. The number of hydrogen-bond donors (Lipinski definition) is 2. The van der Waals surface area contributed by atoms with Crippen LogP contribution in [0.4, 0.5) is 5.82 Å². The molecule has 2 aliphatic rings. The van der Waals surface area contributed by atoms with E-state index in [9.17, 15) is 4.79 Å². The van der Waals surface area contributed by atoms with Crippen LogP contribution in [0, 0.1) is 0 Å². The first-order valence-corrected chi connectivity index (χ1v) is 6.86. The summed E-state index contributed by atoms with van der Waals surface area (Å²) in [6.07, 6.45) is 3.44. The third-order valence-corrected chi connectivity index (χ3v) is 3.82. The molecule has 1 aliphatic heterocycles. The molecule has 2 fully saturated rings. The Hall–Kier alpha value is -1.36. The summed E-state index contributed by atoms with van der Waals surface area (Å²) in [7, 11) is 0. The van der Waals surface area contributed by atoms with Crippen LogP contribution in [0.25, 0.3) is 0 Å². The van der Waals surface area contributed by atoms with Gasteiger partial charge in [-0.2, -0.15) is 0 Å². The summed E-state index contributed by atoms with van der Waals surface area (Å²) in [6, 6.07) is 2.10. The molecule has 2 heterocycles. The quantitative estimate of drug-likeness (QED) is 0.829. The first-order chi connectivity index (χ1) is 8.78. The molecule has 1 aliphatic carbocycles. The summed E-state index contributed by atoms with van der Waals surface area (Å²) in [5.74, 6) is 2.21.